The number of aryl methyl sites for hydroxylation is 3. The maximum Gasteiger partial charge on any atom is 0.0733 e. The molecule has 1 heteroatoms. The van der Waals surface area contributed by atoms with Crippen LogP contribution in [0.4, 0.5) is 0 Å². The van der Waals surface area contributed by atoms with E-state index >= 15 is 0 Å². The van der Waals surface area contributed by atoms with E-state index in [0.29, 0.717) is 0 Å². The van der Waals surface area contributed by atoms with Gasteiger partial charge in [-0.1, -0.05) is 54.1 Å². The molecule has 0 N–H and O–H groups in total. The van der Waals surface area contributed by atoms with Crippen molar-refractivity contribution < 1.29 is 0 Å². The molecule has 2 aromatic carbocycles. The SMILES string of the molecule is Cc1ccc(CCCc2cccc3cccnc23)cc1. The monoisotopic (exact) mass is 261 g/mol. The summed E-state index contributed by atoms with van der Waals surface area (Å²) in [4.78, 5) is 4.52. The second kappa shape index (κ2) is 5.87. The van der Waals surface area contributed by atoms with E-state index in [-0.39, 0.29) is 0 Å². The van der Waals surface area contributed by atoms with Crippen molar-refractivity contribution in [3.05, 3.63) is 77.5 Å². The molecule has 0 saturated heterocycles. The normalized spacial score (nSPS) is 10.8. The molecule has 0 amide bonds. The third kappa shape index (κ3) is 2.88. The molecule has 20 heavy (non-hydrogen) atoms. The number of fused-ring (bicyclic) bond motifs is 1. The Balaban J connectivity index is 1.69. The standard InChI is InChI=1S/C19H19N/c1-15-10-12-16(13-11-15)5-2-6-17-7-3-8-18-9-4-14-20-19(17)18/h3-4,7-14H,2,5-6H2,1H3. The van der Waals surface area contributed by atoms with E-state index in [1.54, 1.807) is 0 Å². The summed E-state index contributed by atoms with van der Waals surface area (Å²) in [5.74, 6) is 0. The van der Waals surface area contributed by atoms with E-state index in [2.05, 4.69) is 60.4 Å². The van der Waals surface area contributed by atoms with Gasteiger partial charge in [0.2, 0.25) is 0 Å². The minimum atomic E-state index is 1.09. The highest BCUT2D eigenvalue weighted by molar-refractivity contribution is 5.81. The molecule has 0 bridgehead atoms. The lowest BCUT2D eigenvalue weighted by Gasteiger charge is -2.06. The summed E-state index contributed by atoms with van der Waals surface area (Å²) in [5.41, 5.74) is 5.25. The Kier molecular flexibility index (Phi) is 3.78. The van der Waals surface area contributed by atoms with Crippen LogP contribution in [0.2, 0.25) is 0 Å². The molecule has 0 fully saturated rings. The number of nitrogens with zero attached hydrogens (tertiary/aromatic N) is 1. The van der Waals surface area contributed by atoms with Crippen molar-refractivity contribution >= 4 is 10.9 Å². The molecule has 0 aliphatic heterocycles. The third-order valence-corrected chi connectivity index (χ3v) is 3.75. The molecule has 0 aliphatic rings. The Morgan fingerprint density at radius 2 is 1.65 bits per heavy atom. The van der Waals surface area contributed by atoms with E-state index in [1.165, 1.54) is 28.5 Å². The molecule has 0 atom stereocenters. The molecule has 1 nitrogen and oxygen atoms in total. The Labute approximate surface area is 120 Å². The van der Waals surface area contributed by atoms with Crippen LogP contribution in [0.15, 0.2) is 60.8 Å². The average Bonchev–Trinajstić information content (AvgIpc) is 2.49. The molecule has 0 radical (unpaired) electrons. The molecule has 0 unspecified atom stereocenters. The van der Waals surface area contributed by atoms with Crippen LogP contribution in [0.3, 0.4) is 0 Å². The molecule has 1 heterocycles. The zero-order valence-corrected chi connectivity index (χ0v) is 11.8. The van der Waals surface area contributed by atoms with Gasteiger partial charge in [0.15, 0.2) is 0 Å². The quantitative estimate of drug-likeness (QED) is 0.662. The summed E-state index contributed by atoms with van der Waals surface area (Å²) >= 11 is 0. The van der Waals surface area contributed by atoms with Gasteiger partial charge in [-0.25, -0.2) is 0 Å². The smallest absolute Gasteiger partial charge is 0.0733 e. The minimum absolute atomic E-state index is 1.09. The van der Waals surface area contributed by atoms with Crippen molar-refractivity contribution in [1.29, 1.82) is 0 Å². The summed E-state index contributed by atoms with van der Waals surface area (Å²) in [6, 6.07) is 19.4. The van der Waals surface area contributed by atoms with Gasteiger partial charge >= 0.3 is 0 Å². The molecule has 100 valence electrons. The van der Waals surface area contributed by atoms with Gasteiger partial charge in [-0.2, -0.15) is 0 Å². The number of aromatic nitrogens is 1. The van der Waals surface area contributed by atoms with Crippen LogP contribution in [0.5, 0.6) is 0 Å². The second-order valence-electron chi connectivity index (χ2n) is 5.33. The number of hydrogen-bond donors (Lipinski definition) is 0. The minimum Gasteiger partial charge on any atom is -0.256 e. The predicted molar refractivity (Wildman–Crippen MR) is 84.9 cm³/mol. The lowest BCUT2D eigenvalue weighted by molar-refractivity contribution is 0.823. The molecular weight excluding hydrogens is 242 g/mol. The van der Waals surface area contributed by atoms with Crippen LogP contribution >= 0.6 is 0 Å². The highest BCUT2D eigenvalue weighted by Crippen LogP contribution is 2.18. The third-order valence-electron chi connectivity index (χ3n) is 3.75. The van der Waals surface area contributed by atoms with Gasteiger partial charge in [-0.15, -0.1) is 0 Å². The van der Waals surface area contributed by atoms with Gasteiger partial charge in [0.25, 0.3) is 0 Å². The van der Waals surface area contributed by atoms with Crippen molar-refractivity contribution in [1.82, 2.24) is 4.98 Å². The Bertz CT molecular complexity index is 693. The van der Waals surface area contributed by atoms with Crippen LogP contribution in [-0.4, -0.2) is 4.98 Å². The molecule has 0 spiro atoms. The fraction of sp³-hybridized carbons (Fsp3) is 0.211. The Hall–Kier alpha value is -2.15. The summed E-state index contributed by atoms with van der Waals surface area (Å²) in [6.07, 6.45) is 5.26. The van der Waals surface area contributed by atoms with Gasteiger partial charge in [-0.3, -0.25) is 4.98 Å². The van der Waals surface area contributed by atoms with Gasteiger partial charge < -0.3 is 0 Å². The lowest BCUT2D eigenvalue weighted by atomic mass is 10.0. The largest absolute Gasteiger partial charge is 0.256 e. The van der Waals surface area contributed by atoms with Gasteiger partial charge in [0.05, 0.1) is 5.52 Å². The van der Waals surface area contributed by atoms with Crippen LogP contribution in [0.25, 0.3) is 10.9 Å². The summed E-state index contributed by atoms with van der Waals surface area (Å²) in [6.45, 7) is 2.13. The molecule has 0 aliphatic carbocycles. The zero-order chi connectivity index (χ0) is 13.8. The summed E-state index contributed by atoms with van der Waals surface area (Å²) < 4.78 is 0. The lowest BCUT2D eigenvalue weighted by Crippen LogP contribution is -1.93. The summed E-state index contributed by atoms with van der Waals surface area (Å²) in [5, 5.41) is 1.24. The number of benzene rings is 2. The van der Waals surface area contributed by atoms with Gasteiger partial charge in [0.1, 0.15) is 0 Å². The van der Waals surface area contributed by atoms with Crippen LogP contribution in [-0.2, 0) is 12.8 Å². The maximum atomic E-state index is 4.52. The zero-order valence-electron chi connectivity index (χ0n) is 11.8. The summed E-state index contributed by atoms with van der Waals surface area (Å²) in [7, 11) is 0. The Morgan fingerprint density at radius 1 is 0.850 bits per heavy atom. The first-order chi connectivity index (χ1) is 9.83. The van der Waals surface area contributed by atoms with Crippen molar-refractivity contribution in [2.24, 2.45) is 0 Å². The van der Waals surface area contributed by atoms with Crippen molar-refractivity contribution in [2.75, 3.05) is 0 Å². The Morgan fingerprint density at radius 3 is 2.50 bits per heavy atom. The molecule has 3 rings (SSSR count). The van der Waals surface area contributed by atoms with E-state index in [0.717, 1.165) is 18.4 Å². The first-order valence-corrected chi connectivity index (χ1v) is 7.21. The number of hydrogen-bond acceptors (Lipinski definition) is 1. The number of pyridine rings is 1. The van der Waals surface area contributed by atoms with Gasteiger partial charge in [0, 0.05) is 11.6 Å². The van der Waals surface area contributed by atoms with Crippen molar-refractivity contribution in [3.8, 4) is 0 Å². The maximum absolute atomic E-state index is 4.52. The molecule has 3 aromatic rings. The van der Waals surface area contributed by atoms with E-state index in [9.17, 15) is 0 Å². The van der Waals surface area contributed by atoms with Crippen LogP contribution in [0, 0.1) is 6.92 Å². The predicted octanol–water partition coefficient (Wildman–Crippen LogP) is 4.72. The van der Waals surface area contributed by atoms with Crippen molar-refractivity contribution in [2.45, 2.75) is 26.2 Å². The fourth-order valence-electron chi connectivity index (χ4n) is 2.61. The van der Waals surface area contributed by atoms with Crippen molar-refractivity contribution in [3.63, 3.8) is 0 Å². The second-order valence-corrected chi connectivity index (χ2v) is 5.33. The average molecular weight is 261 g/mol. The topological polar surface area (TPSA) is 12.9 Å². The highest BCUT2D eigenvalue weighted by atomic mass is 14.6. The molecular formula is C19H19N. The number of rotatable bonds is 4. The van der Waals surface area contributed by atoms with Gasteiger partial charge in [-0.05, 0) is 43.4 Å². The number of para-hydroxylation sites is 1. The first-order valence-electron chi connectivity index (χ1n) is 7.21. The fourth-order valence-corrected chi connectivity index (χ4v) is 2.61. The molecule has 0 saturated carbocycles. The van der Waals surface area contributed by atoms with E-state index in [1.807, 2.05) is 12.3 Å². The highest BCUT2D eigenvalue weighted by Gasteiger charge is 2.02. The van der Waals surface area contributed by atoms with Crippen LogP contribution < -0.4 is 0 Å². The van der Waals surface area contributed by atoms with E-state index < -0.39 is 0 Å². The first kappa shape index (κ1) is 12.9. The van der Waals surface area contributed by atoms with Crippen LogP contribution in [0.1, 0.15) is 23.1 Å². The van der Waals surface area contributed by atoms with E-state index in [4.69, 9.17) is 0 Å². The molecule has 1 aromatic heterocycles.